The van der Waals surface area contributed by atoms with Gasteiger partial charge in [-0.2, -0.15) is 0 Å². The molecule has 1 heterocycles. The van der Waals surface area contributed by atoms with E-state index in [2.05, 4.69) is 35.9 Å². The Kier molecular flexibility index (Phi) is 4.77. The lowest BCUT2D eigenvalue weighted by molar-refractivity contribution is 1.09. The average Bonchev–Trinajstić information content (AvgIpc) is 2.60. The first kappa shape index (κ1) is 12.5. The summed E-state index contributed by atoms with van der Waals surface area (Å²) >= 11 is 0. The van der Waals surface area contributed by atoms with Crippen LogP contribution >= 0.6 is 0 Å². The van der Waals surface area contributed by atoms with Crippen molar-refractivity contribution in [3.05, 3.63) is 41.9 Å². The van der Waals surface area contributed by atoms with Gasteiger partial charge in [0, 0.05) is 11.3 Å². The van der Waals surface area contributed by atoms with Crippen molar-refractivity contribution in [3.63, 3.8) is 0 Å². The van der Waals surface area contributed by atoms with Crippen molar-refractivity contribution in [1.29, 1.82) is 0 Å². The van der Waals surface area contributed by atoms with E-state index in [1.807, 2.05) is 32.0 Å². The maximum absolute atomic E-state index is 4.42. The van der Waals surface area contributed by atoms with Gasteiger partial charge in [0.1, 0.15) is 5.82 Å². The molecule has 0 unspecified atom stereocenters. The molecule has 2 heteroatoms. The summed E-state index contributed by atoms with van der Waals surface area (Å²) in [4.78, 5) is 7.62. The molecule has 0 radical (unpaired) electrons. The van der Waals surface area contributed by atoms with Gasteiger partial charge in [-0.05, 0) is 13.8 Å². The SMILES string of the molecule is CCC.Cc1nc(-c2ccccc2)c(C)[nH]1. The van der Waals surface area contributed by atoms with Gasteiger partial charge in [-0.1, -0.05) is 50.6 Å². The number of nitrogens with one attached hydrogen (secondary N) is 1. The Balaban J connectivity index is 0.000000386. The van der Waals surface area contributed by atoms with Crippen molar-refractivity contribution in [2.75, 3.05) is 0 Å². The Morgan fingerprint density at radius 2 is 1.62 bits per heavy atom. The fraction of sp³-hybridized carbons (Fsp3) is 0.357. The van der Waals surface area contributed by atoms with Crippen LogP contribution in [0.5, 0.6) is 0 Å². The zero-order valence-electron chi connectivity index (χ0n) is 10.5. The number of benzene rings is 1. The summed E-state index contributed by atoms with van der Waals surface area (Å²) in [5, 5.41) is 0. The van der Waals surface area contributed by atoms with Crippen LogP contribution in [-0.2, 0) is 0 Å². The first-order chi connectivity index (χ1) is 7.69. The lowest BCUT2D eigenvalue weighted by Crippen LogP contribution is -1.79. The standard InChI is InChI=1S/C11H12N2.C3H8/c1-8-11(13-9(2)12-8)10-6-4-3-5-7-10;1-3-2/h3-7H,1-2H3,(H,12,13);3H2,1-2H3. The summed E-state index contributed by atoms with van der Waals surface area (Å²) in [6.07, 6.45) is 1.25. The maximum atomic E-state index is 4.42. The molecule has 16 heavy (non-hydrogen) atoms. The number of nitrogens with zero attached hydrogens (tertiary/aromatic N) is 1. The van der Waals surface area contributed by atoms with Crippen LogP contribution in [-0.4, -0.2) is 9.97 Å². The third kappa shape index (κ3) is 3.23. The van der Waals surface area contributed by atoms with Crippen LogP contribution in [0.1, 0.15) is 31.8 Å². The predicted octanol–water partition coefficient (Wildman–Crippen LogP) is 4.11. The van der Waals surface area contributed by atoms with Crippen LogP contribution < -0.4 is 0 Å². The highest BCUT2D eigenvalue weighted by Crippen LogP contribution is 2.19. The van der Waals surface area contributed by atoms with Crippen molar-refractivity contribution in [2.24, 2.45) is 0 Å². The molecule has 1 N–H and O–H groups in total. The Morgan fingerprint density at radius 3 is 2.06 bits per heavy atom. The van der Waals surface area contributed by atoms with E-state index in [0.29, 0.717) is 0 Å². The largest absolute Gasteiger partial charge is 0.346 e. The highest BCUT2D eigenvalue weighted by Gasteiger charge is 2.04. The lowest BCUT2D eigenvalue weighted by atomic mass is 10.1. The molecular formula is C14H20N2. The van der Waals surface area contributed by atoms with Crippen molar-refractivity contribution in [1.82, 2.24) is 9.97 Å². The van der Waals surface area contributed by atoms with Gasteiger partial charge in [-0.15, -0.1) is 0 Å². The van der Waals surface area contributed by atoms with Crippen molar-refractivity contribution in [3.8, 4) is 11.3 Å². The average molecular weight is 216 g/mol. The number of aromatic amines is 1. The number of rotatable bonds is 1. The summed E-state index contributed by atoms with van der Waals surface area (Å²) in [6, 6.07) is 10.2. The van der Waals surface area contributed by atoms with Crippen LogP contribution in [0.4, 0.5) is 0 Å². The van der Waals surface area contributed by atoms with E-state index in [-0.39, 0.29) is 0 Å². The molecule has 0 saturated carbocycles. The topological polar surface area (TPSA) is 28.7 Å². The van der Waals surface area contributed by atoms with Gasteiger partial charge in [-0.3, -0.25) is 0 Å². The maximum Gasteiger partial charge on any atom is 0.103 e. The number of H-pyrrole nitrogens is 1. The highest BCUT2D eigenvalue weighted by molar-refractivity contribution is 5.61. The quantitative estimate of drug-likeness (QED) is 0.763. The summed E-state index contributed by atoms with van der Waals surface area (Å²) in [5.74, 6) is 0.969. The van der Waals surface area contributed by atoms with Gasteiger partial charge in [-0.25, -0.2) is 4.98 Å². The molecule has 0 saturated heterocycles. The monoisotopic (exact) mass is 216 g/mol. The van der Waals surface area contributed by atoms with Crippen LogP contribution in [0.15, 0.2) is 30.3 Å². The van der Waals surface area contributed by atoms with Gasteiger partial charge < -0.3 is 4.98 Å². The van der Waals surface area contributed by atoms with Gasteiger partial charge in [0.15, 0.2) is 0 Å². The van der Waals surface area contributed by atoms with Crippen LogP contribution in [0.25, 0.3) is 11.3 Å². The molecule has 2 aromatic rings. The Morgan fingerprint density at radius 1 is 1.06 bits per heavy atom. The molecule has 0 aliphatic heterocycles. The van der Waals surface area contributed by atoms with Gasteiger partial charge in [0.2, 0.25) is 0 Å². The lowest BCUT2D eigenvalue weighted by Gasteiger charge is -1.96. The molecule has 0 bridgehead atoms. The molecule has 2 nitrogen and oxygen atoms in total. The molecule has 0 aliphatic rings. The first-order valence-electron chi connectivity index (χ1n) is 5.77. The van der Waals surface area contributed by atoms with Crippen LogP contribution in [0.2, 0.25) is 0 Å². The highest BCUT2D eigenvalue weighted by atomic mass is 14.9. The summed E-state index contributed by atoms with van der Waals surface area (Å²) in [6.45, 7) is 8.27. The fourth-order valence-electron chi connectivity index (χ4n) is 1.49. The Bertz CT molecular complexity index is 416. The number of imidazole rings is 1. The van der Waals surface area contributed by atoms with Crippen LogP contribution in [0.3, 0.4) is 0 Å². The van der Waals surface area contributed by atoms with Crippen molar-refractivity contribution >= 4 is 0 Å². The minimum absolute atomic E-state index is 0.969. The minimum atomic E-state index is 0.969. The minimum Gasteiger partial charge on any atom is -0.346 e. The molecule has 0 aliphatic carbocycles. The van der Waals surface area contributed by atoms with Gasteiger partial charge in [0.25, 0.3) is 0 Å². The first-order valence-corrected chi connectivity index (χ1v) is 5.77. The normalized spacial score (nSPS) is 9.50. The van der Waals surface area contributed by atoms with E-state index in [1.54, 1.807) is 0 Å². The Labute approximate surface area is 97.7 Å². The second-order valence-electron chi connectivity index (χ2n) is 3.87. The summed E-state index contributed by atoms with van der Waals surface area (Å²) < 4.78 is 0. The van der Waals surface area contributed by atoms with E-state index >= 15 is 0 Å². The van der Waals surface area contributed by atoms with E-state index in [0.717, 1.165) is 17.2 Å². The zero-order chi connectivity index (χ0) is 12.0. The number of hydrogen-bond acceptors (Lipinski definition) is 1. The van der Waals surface area contributed by atoms with E-state index in [4.69, 9.17) is 0 Å². The summed E-state index contributed by atoms with van der Waals surface area (Å²) in [7, 11) is 0. The molecular weight excluding hydrogens is 196 g/mol. The smallest absolute Gasteiger partial charge is 0.103 e. The van der Waals surface area contributed by atoms with Gasteiger partial charge >= 0.3 is 0 Å². The van der Waals surface area contributed by atoms with Crippen molar-refractivity contribution in [2.45, 2.75) is 34.1 Å². The zero-order valence-corrected chi connectivity index (χ0v) is 10.5. The molecule has 0 amide bonds. The number of hydrogen-bond donors (Lipinski definition) is 1. The van der Waals surface area contributed by atoms with E-state index in [9.17, 15) is 0 Å². The molecule has 0 fully saturated rings. The molecule has 2 rings (SSSR count). The Hall–Kier alpha value is -1.57. The number of aromatic nitrogens is 2. The molecule has 0 spiro atoms. The fourth-order valence-corrected chi connectivity index (χ4v) is 1.49. The van der Waals surface area contributed by atoms with Crippen molar-refractivity contribution < 1.29 is 0 Å². The molecule has 86 valence electrons. The van der Waals surface area contributed by atoms with E-state index in [1.165, 1.54) is 12.0 Å². The van der Waals surface area contributed by atoms with E-state index < -0.39 is 0 Å². The predicted molar refractivity (Wildman–Crippen MR) is 69.5 cm³/mol. The summed E-state index contributed by atoms with van der Waals surface area (Å²) in [5.41, 5.74) is 3.35. The molecule has 1 aromatic heterocycles. The second-order valence-corrected chi connectivity index (χ2v) is 3.87. The molecule has 1 aromatic carbocycles. The van der Waals surface area contributed by atoms with Crippen LogP contribution in [0, 0.1) is 13.8 Å². The number of aryl methyl sites for hydroxylation is 2. The third-order valence-corrected chi connectivity index (χ3v) is 2.05. The molecule has 0 atom stereocenters. The second kappa shape index (κ2) is 6.11. The van der Waals surface area contributed by atoms with Gasteiger partial charge in [0.05, 0.1) is 5.69 Å². The third-order valence-electron chi connectivity index (χ3n) is 2.05.